The second-order valence-corrected chi connectivity index (χ2v) is 6.43. The monoisotopic (exact) mass is 303 g/mol. The van der Waals surface area contributed by atoms with E-state index in [1.165, 1.54) is 24.8 Å². The molecule has 1 aliphatic heterocycles. The van der Waals surface area contributed by atoms with Gasteiger partial charge in [-0.1, -0.05) is 61.0 Å². The van der Waals surface area contributed by atoms with E-state index in [1.807, 2.05) is 30.3 Å². The lowest BCUT2D eigenvalue weighted by molar-refractivity contribution is 0.102. The average molecular weight is 303 g/mol. The molecule has 0 bridgehead atoms. The lowest BCUT2D eigenvalue weighted by Crippen LogP contribution is -2.33. The van der Waals surface area contributed by atoms with Crippen LogP contribution in [-0.2, 0) is 0 Å². The van der Waals surface area contributed by atoms with Crippen molar-refractivity contribution in [2.45, 2.75) is 25.3 Å². The van der Waals surface area contributed by atoms with E-state index < -0.39 is 0 Å². The maximum atomic E-state index is 13.0. The Bertz CT molecular complexity index is 741. The summed E-state index contributed by atoms with van der Waals surface area (Å²) < 4.78 is 0. The van der Waals surface area contributed by atoms with Crippen LogP contribution in [-0.4, -0.2) is 23.8 Å². The first kappa shape index (κ1) is 14.4. The first-order valence-corrected chi connectivity index (χ1v) is 8.49. The highest BCUT2D eigenvalue weighted by molar-refractivity contribution is 6.16. The van der Waals surface area contributed by atoms with Gasteiger partial charge in [-0.3, -0.25) is 9.69 Å². The summed E-state index contributed by atoms with van der Waals surface area (Å²) in [7, 11) is 0. The molecule has 1 heterocycles. The van der Waals surface area contributed by atoms with Gasteiger partial charge in [0.2, 0.25) is 0 Å². The Hall–Kier alpha value is -2.19. The first-order valence-electron chi connectivity index (χ1n) is 8.49. The molecule has 2 nitrogen and oxygen atoms in total. The van der Waals surface area contributed by atoms with Crippen molar-refractivity contribution in [3.05, 3.63) is 76.9 Å². The van der Waals surface area contributed by atoms with E-state index in [9.17, 15) is 4.79 Å². The number of Topliss-reactive ketones (excluding diaryl/α,β-unsaturated/α-hetero) is 1. The van der Waals surface area contributed by atoms with Gasteiger partial charge in [0.05, 0.1) is 6.04 Å². The number of fused-ring (bicyclic) bond motifs is 1. The fourth-order valence-electron chi connectivity index (χ4n) is 3.83. The van der Waals surface area contributed by atoms with Crippen LogP contribution in [0, 0.1) is 0 Å². The molecule has 0 radical (unpaired) electrons. The Morgan fingerprint density at radius 2 is 1.57 bits per heavy atom. The summed E-state index contributed by atoms with van der Waals surface area (Å²) in [4.78, 5) is 15.4. The Labute approximate surface area is 137 Å². The topological polar surface area (TPSA) is 20.3 Å². The maximum Gasteiger partial charge on any atom is 0.191 e. The van der Waals surface area contributed by atoms with Gasteiger partial charge in [0.15, 0.2) is 5.78 Å². The largest absolute Gasteiger partial charge is 0.292 e. The van der Waals surface area contributed by atoms with Crippen LogP contribution in [0.3, 0.4) is 0 Å². The second kappa shape index (κ2) is 6.13. The van der Waals surface area contributed by atoms with Crippen LogP contribution < -0.4 is 0 Å². The fraction of sp³-hybridized carbons (Fsp3) is 0.286. The highest BCUT2D eigenvalue weighted by atomic mass is 16.1. The van der Waals surface area contributed by atoms with E-state index in [2.05, 4.69) is 35.2 Å². The highest BCUT2D eigenvalue weighted by Gasteiger charge is 2.38. The summed E-state index contributed by atoms with van der Waals surface area (Å²) >= 11 is 0. The number of carbonyl (C=O) groups excluding carboxylic acids is 1. The van der Waals surface area contributed by atoms with Crippen LogP contribution >= 0.6 is 0 Å². The van der Waals surface area contributed by atoms with Gasteiger partial charge in [-0.25, -0.2) is 0 Å². The van der Waals surface area contributed by atoms with Crippen LogP contribution in [0.25, 0.3) is 6.08 Å². The number of likely N-dealkylation sites (tertiary alicyclic amines) is 1. The van der Waals surface area contributed by atoms with Crippen molar-refractivity contribution < 1.29 is 4.79 Å². The Kier molecular flexibility index (Phi) is 3.84. The number of carbonyl (C=O) groups is 1. The summed E-state index contributed by atoms with van der Waals surface area (Å²) in [6.45, 7) is 2.16. The summed E-state index contributed by atoms with van der Waals surface area (Å²) in [5, 5.41) is 0. The molecule has 4 rings (SSSR count). The Balaban J connectivity index is 1.80. The van der Waals surface area contributed by atoms with Crippen molar-refractivity contribution in [2.24, 2.45) is 0 Å². The summed E-state index contributed by atoms with van der Waals surface area (Å²) in [5.74, 6) is 0.194. The molecule has 0 spiro atoms. The third-order valence-corrected chi connectivity index (χ3v) is 4.93. The normalized spacial score (nSPS) is 23.2. The van der Waals surface area contributed by atoms with Gasteiger partial charge in [-0.15, -0.1) is 0 Å². The van der Waals surface area contributed by atoms with E-state index in [0.717, 1.165) is 29.8 Å². The molecule has 0 aromatic heterocycles. The van der Waals surface area contributed by atoms with Crippen molar-refractivity contribution >= 4 is 11.9 Å². The van der Waals surface area contributed by atoms with Crippen molar-refractivity contribution in [3.63, 3.8) is 0 Å². The minimum absolute atomic E-state index is 0.124. The number of hydrogen-bond acceptors (Lipinski definition) is 2. The van der Waals surface area contributed by atoms with Gasteiger partial charge in [0.1, 0.15) is 0 Å². The molecule has 0 unspecified atom stereocenters. The zero-order valence-corrected chi connectivity index (χ0v) is 13.2. The molecular weight excluding hydrogens is 282 g/mol. The Morgan fingerprint density at radius 1 is 0.870 bits per heavy atom. The lowest BCUT2D eigenvalue weighted by Gasteiger charge is -2.33. The number of rotatable bonds is 2. The van der Waals surface area contributed by atoms with E-state index in [4.69, 9.17) is 0 Å². The van der Waals surface area contributed by atoms with E-state index >= 15 is 0 Å². The number of benzene rings is 2. The molecule has 1 aliphatic carbocycles. The Morgan fingerprint density at radius 3 is 2.35 bits per heavy atom. The number of ketones is 1. The summed E-state index contributed by atoms with van der Waals surface area (Å²) in [5.41, 5.74) is 4.09. The number of piperidine rings is 1. The zero-order valence-electron chi connectivity index (χ0n) is 13.2. The standard InChI is InChI=1S/C21H21NO/c23-21-18-12-6-5-11-17(18)20(22-13-7-2-8-14-22)19(21)15-16-9-3-1-4-10-16/h1,3-6,9-12,15,20H,2,7-8,13-14H2/b19-15+/t20-/m1/s1. The molecule has 1 fully saturated rings. The molecule has 2 aromatic carbocycles. The highest BCUT2D eigenvalue weighted by Crippen LogP contribution is 2.41. The second-order valence-electron chi connectivity index (χ2n) is 6.43. The zero-order chi connectivity index (χ0) is 15.6. The lowest BCUT2D eigenvalue weighted by atomic mass is 9.99. The van der Waals surface area contributed by atoms with Crippen LogP contribution in [0.2, 0.25) is 0 Å². The SMILES string of the molecule is O=C1/C(=C/c2ccccc2)[C@H](N2CCCCC2)c2ccccc21. The van der Waals surface area contributed by atoms with Crippen LogP contribution in [0.4, 0.5) is 0 Å². The molecule has 23 heavy (non-hydrogen) atoms. The average Bonchev–Trinajstić information content (AvgIpc) is 2.89. The van der Waals surface area contributed by atoms with E-state index in [0.29, 0.717) is 0 Å². The van der Waals surface area contributed by atoms with Gasteiger partial charge in [0.25, 0.3) is 0 Å². The summed E-state index contributed by atoms with van der Waals surface area (Å²) in [6, 6.07) is 18.4. The van der Waals surface area contributed by atoms with Gasteiger partial charge in [-0.05, 0) is 43.1 Å². The predicted octanol–water partition coefficient (Wildman–Crippen LogP) is 4.49. The van der Waals surface area contributed by atoms with Gasteiger partial charge >= 0.3 is 0 Å². The molecule has 2 aromatic rings. The molecular formula is C21H21NO. The molecule has 1 atom stereocenters. The molecule has 1 saturated heterocycles. The van der Waals surface area contributed by atoms with Gasteiger partial charge in [-0.2, -0.15) is 0 Å². The van der Waals surface area contributed by atoms with Crippen molar-refractivity contribution in [1.82, 2.24) is 4.90 Å². The smallest absolute Gasteiger partial charge is 0.191 e. The first-order chi connectivity index (χ1) is 11.3. The fourth-order valence-corrected chi connectivity index (χ4v) is 3.83. The third-order valence-electron chi connectivity index (χ3n) is 4.93. The molecule has 0 amide bonds. The maximum absolute atomic E-state index is 13.0. The van der Waals surface area contributed by atoms with Crippen LogP contribution in [0.15, 0.2) is 60.2 Å². The molecule has 0 N–H and O–H groups in total. The summed E-state index contributed by atoms with van der Waals surface area (Å²) in [6.07, 6.45) is 5.84. The van der Waals surface area contributed by atoms with Crippen LogP contribution in [0.5, 0.6) is 0 Å². The van der Waals surface area contributed by atoms with E-state index in [-0.39, 0.29) is 11.8 Å². The number of nitrogens with zero attached hydrogens (tertiary/aromatic N) is 1. The molecule has 2 heteroatoms. The van der Waals surface area contributed by atoms with E-state index in [1.54, 1.807) is 0 Å². The van der Waals surface area contributed by atoms with Crippen molar-refractivity contribution in [1.29, 1.82) is 0 Å². The van der Waals surface area contributed by atoms with Gasteiger partial charge in [0, 0.05) is 11.1 Å². The third kappa shape index (κ3) is 2.64. The number of hydrogen-bond donors (Lipinski definition) is 0. The molecule has 0 saturated carbocycles. The van der Waals surface area contributed by atoms with Gasteiger partial charge < -0.3 is 0 Å². The molecule has 116 valence electrons. The molecule has 2 aliphatic rings. The minimum Gasteiger partial charge on any atom is -0.292 e. The predicted molar refractivity (Wildman–Crippen MR) is 93.4 cm³/mol. The van der Waals surface area contributed by atoms with Crippen molar-refractivity contribution in [2.75, 3.05) is 13.1 Å². The quantitative estimate of drug-likeness (QED) is 0.762. The minimum atomic E-state index is 0.124. The van der Waals surface area contributed by atoms with Crippen molar-refractivity contribution in [3.8, 4) is 0 Å². The van der Waals surface area contributed by atoms with Crippen LogP contribution in [0.1, 0.15) is 46.8 Å².